The van der Waals surface area contributed by atoms with Crippen molar-refractivity contribution in [3.8, 4) is 0 Å². The Hall–Kier alpha value is -0.610. The number of amides is 1. The van der Waals surface area contributed by atoms with Crippen LogP contribution in [0, 0.1) is 0 Å². The molecule has 1 unspecified atom stereocenters. The molecule has 0 fully saturated rings. The number of hydrogen-bond acceptors (Lipinski definition) is 3. The van der Waals surface area contributed by atoms with Crippen LogP contribution in [0.5, 0.6) is 0 Å². The van der Waals surface area contributed by atoms with Gasteiger partial charge in [-0.2, -0.15) is 0 Å². The molecule has 0 aliphatic carbocycles. The van der Waals surface area contributed by atoms with Crippen LogP contribution in [0.3, 0.4) is 0 Å². The van der Waals surface area contributed by atoms with E-state index in [1.165, 1.54) is 0 Å². The molecular weight excluding hydrogens is 180 g/mol. The number of aliphatic hydroxyl groups excluding tert-OH is 1. The summed E-state index contributed by atoms with van der Waals surface area (Å²) >= 11 is 0. The Labute approximate surface area is 86.3 Å². The summed E-state index contributed by atoms with van der Waals surface area (Å²) in [5.74, 6) is 0.0247. The largest absolute Gasteiger partial charge is 0.396 e. The molecule has 0 saturated carbocycles. The normalized spacial score (nSPS) is 13.4. The minimum atomic E-state index is -0.133. The lowest BCUT2D eigenvalue weighted by molar-refractivity contribution is -0.126. The maximum atomic E-state index is 11.4. The highest BCUT2D eigenvalue weighted by atomic mass is 16.3. The highest BCUT2D eigenvalue weighted by Crippen LogP contribution is 2.06. The first-order valence-electron chi connectivity index (χ1n) is 5.12. The highest BCUT2D eigenvalue weighted by molar-refractivity contribution is 5.80. The predicted molar refractivity (Wildman–Crippen MR) is 57.1 cm³/mol. The number of nitrogens with one attached hydrogen (secondary N) is 1. The zero-order valence-electron chi connectivity index (χ0n) is 9.58. The number of carbonyl (C=O) groups excluding carboxylic acids is 1. The van der Waals surface area contributed by atoms with Crippen molar-refractivity contribution < 1.29 is 9.90 Å². The van der Waals surface area contributed by atoms with Crippen LogP contribution in [0.1, 0.15) is 27.2 Å². The van der Waals surface area contributed by atoms with Gasteiger partial charge in [-0.05, 0) is 27.2 Å². The van der Waals surface area contributed by atoms with E-state index < -0.39 is 0 Å². The van der Waals surface area contributed by atoms with Crippen molar-refractivity contribution in [3.63, 3.8) is 0 Å². The minimum Gasteiger partial charge on any atom is -0.396 e. The van der Waals surface area contributed by atoms with Crippen molar-refractivity contribution in [1.29, 1.82) is 0 Å². The third-order valence-electron chi connectivity index (χ3n) is 2.36. The Bertz CT molecular complexity index is 172. The zero-order valence-corrected chi connectivity index (χ0v) is 9.58. The van der Waals surface area contributed by atoms with Gasteiger partial charge < -0.3 is 10.4 Å². The standard InChI is InChI=1S/C10H22N2O2/c1-8(2)12(6-5-7-13)9(3)10(14)11-4/h8-9,13H,5-7H2,1-4H3,(H,11,14). The van der Waals surface area contributed by atoms with E-state index >= 15 is 0 Å². The van der Waals surface area contributed by atoms with Gasteiger partial charge in [-0.1, -0.05) is 0 Å². The van der Waals surface area contributed by atoms with Crippen LogP contribution >= 0.6 is 0 Å². The van der Waals surface area contributed by atoms with Crippen molar-refractivity contribution >= 4 is 5.91 Å². The van der Waals surface area contributed by atoms with Gasteiger partial charge in [-0.25, -0.2) is 0 Å². The van der Waals surface area contributed by atoms with Crippen LogP contribution < -0.4 is 5.32 Å². The average Bonchev–Trinajstić information content (AvgIpc) is 2.16. The fourth-order valence-corrected chi connectivity index (χ4v) is 1.51. The number of nitrogens with zero attached hydrogens (tertiary/aromatic N) is 1. The molecule has 0 radical (unpaired) electrons. The van der Waals surface area contributed by atoms with Gasteiger partial charge in [0.2, 0.25) is 5.91 Å². The molecule has 0 aromatic heterocycles. The summed E-state index contributed by atoms with van der Waals surface area (Å²) in [6.45, 7) is 6.91. The van der Waals surface area contributed by atoms with Crippen LogP contribution in [-0.2, 0) is 4.79 Å². The Morgan fingerprint density at radius 1 is 1.43 bits per heavy atom. The number of rotatable bonds is 6. The number of hydrogen-bond donors (Lipinski definition) is 2. The Kier molecular flexibility index (Phi) is 6.49. The SMILES string of the molecule is CNC(=O)C(C)N(CCCO)C(C)C. The van der Waals surface area contributed by atoms with Crippen molar-refractivity contribution in [2.45, 2.75) is 39.3 Å². The van der Waals surface area contributed by atoms with E-state index in [0.29, 0.717) is 12.5 Å². The zero-order chi connectivity index (χ0) is 11.1. The van der Waals surface area contributed by atoms with E-state index in [2.05, 4.69) is 24.1 Å². The number of aliphatic hydroxyl groups is 1. The lowest BCUT2D eigenvalue weighted by Crippen LogP contribution is -2.47. The van der Waals surface area contributed by atoms with E-state index in [-0.39, 0.29) is 18.6 Å². The molecule has 0 aromatic carbocycles. The van der Waals surface area contributed by atoms with Crippen LogP contribution in [0.15, 0.2) is 0 Å². The molecule has 0 aromatic rings. The monoisotopic (exact) mass is 202 g/mol. The molecule has 1 atom stereocenters. The third-order valence-corrected chi connectivity index (χ3v) is 2.36. The van der Waals surface area contributed by atoms with Crippen molar-refractivity contribution in [2.75, 3.05) is 20.2 Å². The summed E-state index contributed by atoms with van der Waals surface area (Å²) in [4.78, 5) is 13.5. The highest BCUT2D eigenvalue weighted by Gasteiger charge is 2.21. The Balaban J connectivity index is 4.25. The van der Waals surface area contributed by atoms with Gasteiger partial charge in [0.05, 0.1) is 6.04 Å². The molecule has 0 saturated heterocycles. The van der Waals surface area contributed by atoms with Gasteiger partial charge in [0.15, 0.2) is 0 Å². The Morgan fingerprint density at radius 2 is 2.00 bits per heavy atom. The molecule has 4 nitrogen and oxygen atoms in total. The maximum absolute atomic E-state index is 11.4. The Morgan fingerprint density at radius 3 is 2.36 bits per heavy atom. The van der Waals surface area contributed by atoms with Gasteiger partial charge in [0.25, 0.3) is 0 Å². The molecule has 1 amide bonds. The van der Waals surface area contributed by atoms with Crippen molar-refractivity contribution in [2.24, 2.45) is 0 Å². The number of likely N-dealkylation sites (N-methyl/N-ethyl adjacent to an activating group) is 1. The first kappa shape index (κ1) is 13.4. The van der Waals surface area contributed by atoms with Crippen LogP contribution in [0.25, 0.3) is 0 Å². The quantitative estimate of drug-likeness (QED) is 0.647. The third kappa shape index (κ3) is 4.07. The fraction of sp³-hybridized carbons (Fsp3) is 0.900. The second-order valence-corrected chi connectivity index (χ2v) is 3.70. The molecule has 0 aliphatic rings. The van der Waals surface area contributed by atoms with Gasteiger partial charge in [-0.3, -0.25) is 9.69 Å². The average molecular weight is 202 g/mol. The molecule has 0 bridgehead atoms. The van der Waals surface area contributed by atoms with E-state index in [1.54, 1.807) is 7.05 Å². The summed E-state index contributed by atoms with van der Waals surface area (Å²) in [5.41, 5.74) is 0. The van der Waals surface area contributed by atoms with Crippen LogP contribution in [-0.4, -0.2) is 48.2 Å². The van der Waals surface area contributed by atoms with Gasteiger partial charge in [0, 0.05) is 26.2 Å². The lowest BCUT2D eigenvalue weighted by Gasteiger charge is -2.31. The first-order chi connectivity index (χ1) is 6.54. The van der Waals surface area contributed by atoms with E-state index in [1.807, 2.05) is 6.92 Å². The van der Waals surface area contributed by atoms with Gasteiger partial charge >= 0.3 is 0 Å². The molecule has 14 heavy (non-hydrogen) atoms. The van der Waals surface area contributed by atoms with E-state index in [0.717, 1.165) is 6.54 Å². The first-order valence-corrected chi connectivity index (χ1v) is 5.12. The number of carbonyl (C=O) groups is 1. The molecule has 0 spiro atoms. The van der Waals surface area contributed by atoms with Gasteiger partial charge in [-0.15, -0.1) is 0 Å². The van der Waals surface area contributed by atoms with E-state index in [4.69, 9.17) is 5.11 Å². The summed E-state index contributed by atoms with van der Waals surface area (Å²) < 4.78 is 0. The molecule has 0 aliphatic heterocycles. The van der Waals surface area contributed by atoms with E-state index in [9.17, 15) is 4.79 Å². The second kappa shape index (κ2) is 6.79. The summed E-state index contributed by atoms with van der Waals surface area (Å²) in [6.07, 6.45) is 0.708. The van der Waals surface area contributed by atoms with Crippen molar-refractivity contribution in [1.82, 2.24) is 10.2 Å². The van der Waals surface area contributed by atoms with Crippen LogP contribution in [0.4, 0.5) is 0 Å². The molecule has 2 N–H and O–H groups in total. The maximum Gasteiger partial charge on any atom is 0.236 e. The minimum absolute atomic E-state index is 0.0247. The molecule has 84 valence electrons. The second-order valence-electron chi connectivity index (χ2n) is 3.70. The fourth-order valence-electron chi connectivity index (χ4n) is 1.51. The summed E-state index contributed by atoms with van der Waals surface area (Å²) in [7, 11) is 1.64. The lowest BCUT2D eigenvalue weighted by atomic mass is 10.2. The molecular formula is C10H22N2O2. The van der Waals surface area contributed by atoms with Gasteiger partial charge in [0.1, 0.15) is 0 Å². The molecule has 0 rings (SSSR count). The topological polar surface area (TPSA) is 52.6 Å². The van der Waals surface area contributed by atoms with Crippen molar-refractivity contribution in [3.05, 3.63) is 0 Å². The predicted octanol–water partition coefficient (Wildman–Crippen LogP) is 0.214. The molecule has 4 heteroatoms. The molecule has 0 heterocycles. The summed E-state index contributed by atoms with van der Waals surface area (Å²) in [5, 5.41) is 11.4. The smallest absolute Gasteiger partial charge is 0.236 e. The summed E-state index contributed by atoms with van der Waals surface area (Å²) in [6, 6.07) is 0.181. The van der Waals surface area contributed by atoms with Crippen LogP contribution in [0.2, 0.25) is 0 Å².